The molecule has 148 valence electrons. The highest BCUT2D eigenvalue weighted by Gasteiger charge is 2.10. The van der Waals surface area contributed by atoms with Crippen LogP contribution in [0.4, 0.5) is 0 Å². The van der Waals surface area contributed by atoms with E-state index in [2.05, 4.69) is 28.8 Å². The van der Waals surface area contributed by atoms with E-state index in [1.807, 2.05) is 42.5 Å². The number of fused-ring (bicyclic) bond motifs is 1. The summed E-state index contributed by atoms with van der Waals surface area (Å²) in [6, 6.07) is 20.2. The first kappa shape index (κ1) is 20.6. The molecular weight excluding hydrogens is 372 g/mol. The van der Waals surface area contributed by atoms with Crippen molar-refractivity contribution >= 4 is 22.4 Å². The molecule has 3 N–H and O–H groups in total. The third-order valence-corrected chi connectivity index (χ3v) is 4.93. The highest BCUT2D eigenvalue weighted by Crippen LogP contribution is 2.29. The number of aliphatic hydroxyl groups excluding tert-OH is 1. The number of ether oxygens (including phenoxy) is 1. The predicted octanol–water partition coefficient (Wildman–Crippen LogP) is 4.13. The van der Waals surface area contributed by atoms with Gasteiger partial charge in [0.2, 0.25) is 0 Å². The molecule has 3 aromatic carbocycles. The third kappa shape index (κ3) is 5.69. The van der Waals surface area contributed by atoms with Crippen LogP contribution in [-0.2, 0) is 13.2 Å². The summed E-state index contributed by atoms with van der Waals surface area (Å²) in [5.74, 6) is 0.864. The van der Waals surface area contributed by atoms with Gasteiger partial charge in [-0.15, -0.1) is 0 Å². The summed E-state index contributed by atoms with van der Waals surface area (Å²) < 4.78 is 6.15. The van der Waals surface area contributed by atoms with Crippen LogP contribution in [0.15, 0.2) is 60.7 Å². The largest absolute Gasteiger partial charge is 0.488 e. The Labute approximate surface area is 171 Å². The summed E-state index contributed by atoms with van der Waals surface area (Å²) in [5.41, 5.74) is 2.11. The van der Waals surface area contributed by atoms with Gasteiger partial charge in [-0.3, -0.25) is 0 Å². The molecule has 3 rings (SSSR count). The average Bonchev–Trinajstić information content (AvgIpc) is 2.70. The monoisotopic (exact) mass is 398 g/mol. The first-order valence-electron chi connectivity index (χ1n) is 9.61. The van der Waals surface area contributed by atoms with Crippen LogP contribution in [0.25, 0.3) is 10.8 Å². The molecule has 0 unspecified atom stereocenters. The van der Waals surface area contributed by atoms with Crippen molar-refractivity contribution in [3.8, 4) is 5.75 Å². The number of aliphatic hydroxyl groups is 1. The van der Waals surface area contributed by atoms with Crippen molar-refractivity contribution in [3.63, 3.8) is 0 Å². The molecule has 0 aliphatic rings. The number of halogens is 1. The van der Waals surface area contributed by atoms with Crippen LogP contribution < -0.4 is 15.4 Å². The minimum Gasteiger partial charge on any atom is -0.488 e. The summed E-state index contributed by atoms with van der Waals surface area (Å²) in [6.07, 6.45) is -0.331. The Bertz CT molecular complexity index is 899. The van der Waals surface area contributed by atoms with Gasteiger partial charge in [-0.1, -0.05) is 60.1 Å². The Kier molecular flexibility index (Phi) is 7.69. The van der Waals surface area contributed by atoms with Crippen LogP contribution in [0.5, 0.6) is 5.75 Å². The molecule has 3 aromatic rings. The van der Waals surface area contributed by atoms with Gasteiger partial charge in [0.25, 0.3) is 0 Å². The Morgan fingerprint density at radius 1 is 0.964 bits per heavy atom. The quantitative estimate of drug-likeness (QED) is 0.449. The number of hydrogen-bond acceptors (Lipinski definition) is 4. The van der Waals surface area contributed by atoms with E-state index < -0.39 is 0 Å². The van der Waals surface area contributed by atoms with Crippen molar-refractivity contribution in [2.75, 3.05) is 19.6 Å². The van der Waals surface area contributed by atoms with E-state index in [-0.39, 0.29) is 6.10 Å². The maximum absolute atomic E-state index is 9.31. The molecule has 5 heteroatoms. The summed E-state index contributed by atoms with van der Waals surface area (Å²) in [4.78, 5) is 0. The molecule has 0 aliphatic heterocycles. The highest BCUT2D eigenvalue weighted by atomic mass is 35.5. The topological polar surface area (TPSA) is 53.5 Å². The molecule has 28 heavy (non-hydrogen) atoms. The molecule has 1 atom stereocenters. The average molecular weight is 399 g/mol. The number of hydrogen-bond donors (Lipinski definition) is 3. The van der Waals surface area contributed by atoms with Gasteiger partial charge in [-0.2, -0.15) is 0 Å². The second kappa shape index (κ2) is 10.4. The van der Waals surface area contributed by atoms with Crippen LogP contribution in [0.2, 0.25) is 5.02 Å². The number of rotatable bonds is 10. The molecule has 4 nitrogen and oxygen atoms in total. The van der Waals surface area contributed by atoms with Crippen molar-refractivity contribution in [3.05, 3.63) is 76.8 Å². The molecule has 0 spiro atoms. The van der Waals surface area contributed by atoms with Crippen LogP contribution in [0.1, 0.15) is 18.1 Å². The first-order chi connectivity index (χ1) is 13.6. The van der Waals surface area contributed by atoms with Crippen molar-refractivity contribution in [2.24, 2.45) is 0 Å². The van der Waals surface area contributed by atoms with E-state index in [4.69, 9.17) is 16.3 Å². The third-order valence-electron chi connectivity index (χ3n) is 4.56. The molecule has 0 bridgehead atoms. The fraction of sp³-hybridized carbons (Fsp3) is 0.304. The maximum Gasteiger partial charge on any atom is 0.124 e. The molecule has 0 saturated heterocycles. The van der Waals surface area contributed by atoms with E-state index in [9.17, 15) is 5.11 Å². The van der Waals surface area contributed by atoms with E-state index in [0.717, 1.165) is 30.0 Å². The van der Waals surface area contributed by atoms with Gasteiger partial charge in [0, 0.05) is 42.3 Å². The highest BCUT2D eigenvalue weighted by molar-refractivity contribution is 6.31. The van der Waals surface area contributed by atoms with Crippen LogP contribution in [0, 0.1) is 0 Å². The van der Waals surface area contributed by atoms with Crippen LogP contribution in [-0.4, -0.2) is 30.8 Å². The standard InChI is InChI=1S/C23H27ClN2O2/c1-17(27)14-25-12-13-26-15-21-20-8-4-2-6-18(20)10-11-23(21)28-16-19-7-3-5-9-22(19)24/h2-11,17,25-27H,12-16H2,1H3/t17-/m1/s1. The fourth-order valence-electron chi connectivity index (χ4n) is 3.11. The van der Waals surface area contributed by atoms with Crippen LogP contribution in [0.3, 0.4) is 0 Å². The normalized spacial score (nSPS) is 12.2. The van der Waals surface area contributed by atoms with E-state index in [1.54, 1.807) is 6.92 Å². The summed E-state index contributed by atoms with van der Waals surface area (Å²) in [7, 11) is 0. The van der Waals surface area contributed by atoms with Gasteiger partial charge < -0.3 is 20.5 Å². The smallest absolute Gasteiger partial charge is 0.124 e. The van der Waals surface area contributed by atoms with Gasteiger partial charge in [-0.05, 0) is 29.8 Å². The lowest BCUT2D eigenvalue weighted by Crippen LogP contribution is -2.31. The first-order valence-corrected chi connectivity index (χ1v) is 9.99. The fourth-order valence-corrected chi connectivity index (χ4v) is 3.30. The second-order valence-electron chi connectivity index (χ2n) is 6.87. The lowest BCUT2D eigenvalue weighted by Gasteiger charge is -2.16. The minimum atomic E-state index is -0.331. The Balaban J connectivity index is 1.70. The summed E-state index contributed by atoms with van der Waals surface area (Å²) in [6.45, 7) is 5.11. The van der Waals surface area contributed by atoms with Gasteiger partial charge in [0.05, 0.1) is 6.10 Å². The molecular formula is C23H27ClN2O2. The Morgan fingerprint density at radius 3 is 2.54 bits per heavy atom. The van der Waals surface area contributed by atoms with Crippen molar-refractivity contribution < 1.29 is 9.84 Å². The van der Waals surface area contributed by atoms with E-state index in [1.165, 1.54) is 10.8 Å². The zero-order valence-electron chi connectivity index (χ0n) is 16.1. The summed E-state index contributed by atoms with van der Waals surface area (Å²) >= 11 is 6.26. The van der Waals surface area contributed by atoms with Gasteiger partial charge in [-0.25, -0.2) is 0 Å². The van der Waals surface area contributed by atoms with E-state index >= 15 is 0 Å². The van der Waals surface area contributed by atoms with Gasteiger partial charge in [0.1, 0.15) is 12.4 Å². The van der Waals surface area contributed by atoms with Crippen molar-refractivity contribution in [2.45, 2.75) is 26.2 Å². The zero-order chi connectivity index (χ0) is 19.8. The van der Waals surface area contributed by atoms with Gasteiger partial charge in [0.15, 0.2) is 0 Å². The molecule has 0 amide bonds. The predicted molar refractivity (Wildman–Crippen MR) is 116 cm³/mol. The SMILES string of the molecule is C[C@@H](O)CNCCNCc1c(OCc2ccccc2Cl)ccc2ccccc12. The maximum atomic E-state index is 9.31. The van der Waals surface area contributed by atoms with Gasteiger partial charge >= 0.3 is 0 Å². The number of benzene rings is 3. The lowest BCUT2D eigenvalue weighted by atomic mass is 10.0. The molecule has 0 heterocycles. The van der Waals surface area contributed by atoms with Crippen molar-refractivity contribution in [1.82, 2.24) is 10.6 Å². The molecule has 0 aliphatic carbocycles. The molecule has 0 radical (unpaired) electrons. The Morgan fingerprint density at radius 2 is 1.71 bits per heavy atom. The van der Waals surface area contributed by atoms with E-state index in [0.29, 0.717) is 24.7 Å². The van der Waals surface area contributed by atoms with Crippen molar-refractivity contribution in [1.29, 1.82) is 0 Å². The summed E-state index contributed by atoms with van der Waals surface area (Å²) in [5, 5.41) is 19.1. The second-order valence-corrected chi connectivity index (χ2v) is 7.28. The number of nitrogens with one attached hydrogen (secondary N) is 2. The molecule has 0 fully saturated rings. The molecule has 0 saturated carbocycles. The lowest BCUT2D eigenvalue weighted by molar-refractivity contribution is 0.191. The minimum absolute atomic E-state index is 0.331. The van der Waals surface area contributed by atoms with Crippen LogP contribution >= 0.6 is 11.6 Å². The molecule has 0 aromatic heterocycles. The zero-order valence-corrected chi connectivity index (χ0v) is 16.9. The Hall–Kier alpha value is -2.11.